The summed E-state index contributed by atoms with van der Waals surface area (Å²) in [6.45, 7) is 4.85. The first-order valence-corrected chi connectivity index (χ1v) is 12.0. The molecular weight excluding hydrogens is 442 g/mol. The van der Waals surface area contributed by atoms with Crippen LogP contribution < -0.4 is 15.0 Å². The van der Waals surface area contributed by atoms with E-state index in [1.807, 2.05) is 17.3 Å². The molecule has 3 aliphatic rings. The number of piperidine rings is 1. The summed E-state index contributed by atoms with van der Waals surface area (Å²) in [6.07, 6.45) is 7.58. The molecular formula is C24H28ClN5O3. The van der Waals surface area contributed by atoms with Crippen molar-refractivity contribution in [2.45, 2.75) is 51.1 Å². The molecule has 0 saturated carbocycles. The van der Waals surface area contributed by atoms with Gasteiger partial charge in [0, 0.05) is 50.6 Å². The number of Topliss-reactive ketones (excluding diaryl/α,β-unsaturated/α-hetero) is 1. The van der Waals surface area contributed by atoms with Crippen molar-refractivity contribution in [1.29, 1.82) is 0 Å². The quantitative estimate of drug-likeness (QED) is 0.718. The Morgan fingerprint density at radius 1 is 1.12 bits per heavy atom. The Hall–Kier alpha value is -2.87. The summed E-state index contributed by atoms with van der Waals surface area (Å²) in [5.41, 5.74) is 2.27. The van der Waals surface area contributed by atoms with E-state index in [0.29, 0.717) is 41.5 Å². The van der Waals surface area contributed by atoms with Crippen LogP contribution >= 0.6 is 11.6 Å². The molecule has 2 fully saturated rings. The summed E-state index contributed by atoms with van der Waals surface area (Å²) >= 11 is 6.42. The maximum absolute atomic E-state index is 13.2. The molecule has 0 spiro atoms. The van der Waals surface area contributed by atoms with Gasteiger partial charge in [-0.25, -0.2) is 9.97 Å². The summed E-state index contributed by atoms with van der Waals surface area (Å²) in [7, 11) is 0. The van der Waals surface area contributed by atoms with Crippen LogP contribution in [0.25, 0.3) is 0 Å². The number of likely N-dealkylation sites (tertiary alicyclic amines) is 1. The number of nitrogens with one attached hydrogen (secondary N) is 1. The Kier molecular flexibility index (Phi) is 6.10. The number of halogens is 1. The predicted octanol–water partition coefficient (Wildman–Crippen LogP) is 3.34. The van der Waals surface area contributed by atoms with Crippen molar-refractivity contribution < 1.29 is 14.3 Å². The van der Waals surface area contributed by atoms with Crippen LogP contribution in [0, 0.1) is 0 Å². The molecule has 1 atom stereocenters. The lowest BCUT2D eigenvalue weighted by Crippen LogP contribution is -2.47. The number of carbonyl (C=O) groups excluding carboxylic acids is 2. The van der Waals surface area contributed by atoms with Crippen molar-refractivity contribution in [3.63, 3.8) is 0 Å². The van der Waals surface area contributed by atoms with Gasteiger partial charge in [-0.1, -0.05) is 18.5 Å². The van der Waals surface area contributed by atoms with Crippen LogP contribution in [0.2, 0.25) is 5.02 Å². The van der Waals surface area contributed by atoms with Crippen LogP contribution in [0.5, 0.6) is 5.75 Å². The van der Waals surface area contributed by atoms with Crippen molar-refractivity contribution in [2.24, 2.45) is 0 Å². The third-order valence-electron chi connectivity index (χ3n) is 6.81. The number of ether oxygens (including phenoxy) is 1. The number of aromatic nitrogens is 2. The molecule has 0 radical (unpaired) electrons. The van der Waals surface area contributed by atoms with Gasteiger partial charge in [0.2, 0.25) is 11.9 Å². The van der Waals surface area contributed by atoms with E-state index >= 15 is 0 Å². The summed E-state index contributed by atoms with van der Waals surface area (Å²) < 4.78 is 5.63. The highest BCUT2D eigenvalue weighted by Gasteiger charge is 2.38. The summed E-state index contributed by atoms with van der Waals surface area (Å²) in [4.78, 5) is 38.4. The van der Waals surface area contributed by atoms with Crippen molar-refractivity contribution in [3.8, 4) is 5.75 Å². The first-order chi connectivity index (χ1) is 16.0. The van der Waals surface area contributed by atoms with Gasteiger partial charge in [-0.3, -0.25) is 9.59 Å². The Balaban J connectivity index is 1.20. The second kappa shape index (κ2) is 9.17. The molecule has 1 aromatic carbocycles. The number of rotatable bonds is 5. The van der Waals surface area contributed by atoms with E-state index < -0.39 is 0 Å². The van der Waals surface area contributed by atoms with E-state index in [1.165, 1.54) is 0 Å². The molecule has 0 bridgehead atoms. The highest BCUT2D eigenvalue weighted by atomic mass is 35.5. The number of benzene rings is 1. The first kappa shape index (κ1) is 21.9. The lowest BCUT2D eigenvalue weighted by molar-refractivity contribution is -0.130. The van der Waals surface area contributed by atoms with Crippen LogP contribution in [-0.4, -0.2) is 64.9 Å². The fraction of sp³-hybridized carbons (Fsp3) is 0.500. The molecule has 5 rings (SSSR count). The van der Waals surface area contributed by atoms with Crippen LogP contribution in [0.15, 0.2) is 24.5 Å². The number of fused-ring (bicyclic) bond motifs is 1. The molecule has 174 valence electrons. The van der Waals surface area contributed by atoms with Gasteiger partial charge in [-0.15, -0.1) is 0 Å². The summed E-state index contributed by atoms with van der Waals surface area (Å²) in [5.74, 6) is 1.43. The van der Waals surface area contributed by atoms with Gasteiger partial charge in [0.15, 0.2) is 5.78 Å². The fourth-order valence-corrected chi connectivity index (χ4v) is 5.07. The normalized spacial score (nSPS) is 21.2. The van der Waals surface area contributed by atoms with Crippen LogP contribution in [0.1, 0.15) is 48.5 Å². The lowest BCUT2D eigenvalue weighted by atomic mass is 10.0. The zero-order valence-electron chi connectivity index (χ0n) is 18.7. The van der Waals surface area contributed by atoms with Gasteiger partial charge < -0.3 is 19.9 Å². The molecule has 1 N–H and O–H groups in total. The van der Waals surface area contributed by atoms with Gasteiger partial charge in [0.05, 0.1) is 22.9 Å². The summed E-state index contributed by atoms with van der Waals surface area (Å²) in [6, 6.07) is 3.27. The van der Waals surface area contributed by atoms with Crippen molar-refractivity contribution in [2.75, 3.05) is 36.5 Å². The molecule has 0 aliphatic carbocycles. The molecule has 1 amide bonds. The zero-order chi connectivity index (χ0) is 22.9. The zero-order valence-corrected chi connectivity index (χ0v) is 19.5. The van der Waals surface area contributed by atoms with E-state index in [2.05, 4.69) is 27.1 Å². The van der Waals surface area contributed by atoms with E-state index in [0.717, 1.165) is 50.4 Å². The lowest BCUT2D eigenvalue weighted by Gasteiger charge is -2.36. The molecule has 9 heteroatoms. The highest BCUT2D eigenvalue weighted by Crippen LogP contribution is 2.35. The number of hydrogen-bond acceptors (Lipinski definition) is 7. The van der Waals surface area contributed by atoms with Gasteiger partial charge >= 0.3 is 0 Å². The molecule has 1 aromatic heterocycles. The number of carbonyl (C=O) groups is 2. The maximum Gasteiger partial charge on any atom is 0.245 e. The van der Waals surface area contributed by atoms with E-state index in [1.54, 1.807) is 12.1 Å². The molecule has 8 nitrogen and oxygen atoms in total. The van der Waals surface area contributed by atoms with Crippen molar-refractivity contribution >= 4 is 34.9 Å². The standard InChI is InChI=1S/C24H28ClN5O3/c1-2-15-13-26-24(27-14-15)29-7-3-16(4-8-29)30-9-5-19(23(30)32)28-20-12-22-17(11-18(20)25)21(31)6-10-33-22/h11-14,16,19,28H,2-10H2,1H3/t19-/m0/s1. The van der Waals surface area contributed by atoms with Gasteiger partial charge in [-0.2, -0.15) is 0 Å². The second-order valence-electron chi connectivity index (χ2n) is 8.83. The van der Waals surface area contributed by atoms with Crippen LogP contribution in [0.3, 0.4) is 0 Å². The third-order valence-corrected chi connectivity index (χ3v) is 7.13. The SMILES string of the molecule is CCc1cnc(N2CCC(N3CC[C@H](Nc4cc5c(cc4Cl)C(=O)CCO5)C3=O)CC2)nc1. The van der Waals surface area contributed by atoms with Crippen LogP contribution in [0.4, 0.5) is 11.6 Å². The Morgan fingerprint density at radius 3 is 2.61 bits per heavy atom. The summed E-state index contributed by atoms with van der Waals surface area (Å²) in [5, 5.41) is 3.73. The fourth-order valence-electron chi connectivity index (χ4n) is 4.85. The number of anilines is 2. The third kappa shape index (κ3) is 4.36. The van der Waals surface area contributed by atoms with E-state index in [4.69, 9.17) is 16.3 Å². The largest absolute Gasteiger partial charge is 0.492 e. The number of amides is 1. The average Bonchev–Trinajstić information content (AvgIpc) is 3.20. The van der Waals surface area contributed by atoms with Gasteiger partial charge in [-0.05, 0) is 37.3 Å². The molecule has 4 heterocycles. The highest BCUT2D eigenvalue weighted by molar-refractivity contribution is 6.33. The van der Waals surface area contributed by atoms with E-state index in [-0.39, 0.29) is 23.8 Å². The minimum atomic E-state index is -0.331. The van der Waals surface area contributed by atoms with Crippen molar-refractivity contribution in [3.05, 3.63) is 40.7 Å². The Morgan fingerprint density at radius 2 is 1.88 bits per heavy atom. The first-order valence-electron chi connectivity index (χ1n) is 11.7. The number of hydrogen-bond donors (Lipinski definition) is 1. The Bertz CT molecular complexity index is 1050. The maximum atomic E-state index is 13.2. The van der Waals surface area contributed by atoms with Crippen molar-refractivity contribution in [1.82, 2.24) is 14.9 Å². The predicted molar refractivity (Wildman–Crippen MR) is 126 cm³/mol. The monoisotopic (exact) mass is 469 g/mol. The average molecular weight is 470 g/mol. The molecule has 33 heavy (non-hydrogen) atoms. The molecule has 2 aromatic rings. The van der Waals surface area contributed by atoms with Gasteiger partial charge in [0.25, 0.3) is 0 Å². The minimum Gasteiger partial charge on any atom is -0.492 e. The molecule has 0 unspecified atom stereocenters. The number of ketones is 1. The number of aryl methyl sites for hydroxylation is 1. The topological polar surface area (TPSA) is 87.7 Å². The second-order valence-corrected chi connectivity index (χ2v) is 9.24. The van der Waals surface area contributed by atoms with Crippen LogP contribution in [-0.2, 0) is 11.2 Å². The smallest absolute Gasteiger partial charge is 0.245 e. The molecule has 3 aliphatic heterocycles. The number of nitrogens with zero attached hydrogens (tertiary/aromatic N) is 4. The molecule has 2 saturated heterocycles. The minimum absolute atomic E-state index is 0.0332. The van der Waals surface area contributed by atoms with Gasteiger partial charge in [0.1, 0.15) is 11.8 Å². The Labute approximate surface area is 198 Å². The van der Waals surface area contributed by atoms with E-state index in [9.17, 15) is 9.59 Å².